The van der Waals surface area contributed by atoms with Gasteiger partial charge in [-0.25, -0.2) is 9.59 Å². The van der Waals surface area contributed by atoms with E-state index in [1.54, 1.807) is 68.7 Å². The first-order valence-electron chi connectivity index (χ1n) is 14.5. The van der Waals surface area contributed by atoms with Gasteiger partial charge in [0.25, 0.3) is 11.8 Å². The molecule has 2 amide bonds. The van der Waals surface area contributed by atoms with Gasteiger partial charge in [0, 0.05) is 36.6 Å². The Hall–Kier alpha value is -5.70. The minimum absolute atomic E-state index is 0.0885. The number of carbonyl (C=O) groups is 4. The number of carboxylic acid groups (broad SMARTS) is 1. The first-order chi connectivity index (χ1) is 21.8. The van der Waals surface area contributed by atoms with Crippen molar-refractivity contribution in [3.05, 3.63) is 124 Å². The molecule has 1 N–H and O–H groups in total. The lowest BCUT2D eigenvalue weighted by Gasteiger charge is -2.22. The summed E-state index contributed by atoms with van der Waals surface area (Å²) in [5.41, 5.74) is 3.64. The van der Waals surface area contributed by atoms with Crippen molar-refractivity contribution in [1.29, 1.82) is 0 Å². The van der Waals surface area contributed by atoms with Crippen LogP contribution in [-0.4, -0.2) is 55.7 Å². The Labute approximate surface area is 268 Å². The zero-order valence-corrected chi connectivity index (χ0v) is 26.6. The fraction of sp³-hybridized carbons (Fsp3) is 0.189. The van der Waals surface area contributed by atoms with Gasteiger partial charge in [-0.2, -0.15) is 0 Å². The van der Waals surface area contributed by atoms with Gasteiger partial charge in [-0.15, -0.1) is 0 Å². The molecule has 4 aromatic rings. The third-order valence-electron chi connectivity index (χ3n) is 7.06. The molecule has 0 bridgehead atoms. The Kier molecular flexibility index (Phi) is 10.1. The number of hydrogen-bond acceptors (Lipinski definition) is 6. The van der Waals surface area contributed by atoms with Crippen molar-refractivity contribution in [3.63, 3.8) is 0 Å². The molecule has 0 saturated heterocycles. The maximum atomic E-state index is 13.2. The highest BCUT2D eigenvalue weighted by Crippen LogP contribution is 2.26. The molecule has 9 nitrogen and oxygen atoms in total. The summed E-state index contributed by atoms with van der Waals surface area (Å²) in [4.78, 5) is 52.6. The molecule has 4 rings (SSSR count). The van der Waals surface area contributed by atoms with Crippen LogP contribution >= 0.6 is 0 Å². The molecule has 0 spiro atoms. The second-order valence-corrected chi connectivity index (χ2v) is 11.5. The van der Waals surface area contributed by atoms with Crippen LogP contribution in [0.4, 0.5) is 11.4 Å². The zero-order valence-electron chi connectivity index (χ0n) is 26.6. The third kappa shape index (κ3) is 8.06. The highest BCUT2D eigenvalue weighted by atomic mass is 16.5. The van der Waals surface area contributed by atoms with Gasteiger partial charge in [0.1, 0.15) is 16.9 Å². The summed E-state index contributed by atoms with van der Waals surface area (Å²) in [6.45, 7) is 5.58. The smallest absolute Gasteiger partial charge is 0.339 e. The molecule has 9 heteroatoms. The number of carboxylic acids is 1. The Balaban J connectivity index is 1.40. The van der Waals surface area contributed by atoms with Gasteiger partial charge in [0.2, 0.25) is 0 Å². The molecule has 0 unspecified atom stereocenters. The molecule has 0 aliphatic heterocycles. The fourth-order valence-electron chi connectivity index (χ4n) is 4.55. The summed E-state index contributed by atoms with van der Waals surface area (Å²) in [6, 6.07) is 25.3. The summed E-state index contributed by atoms with van der Waals surface area (Å²) in [6.07, 6.45) is 3.68. The van der Waals surface area contributed by atoms with E-state index in [9.17, 15) is 24.3 Å². The van der Waals surface area contributed by atoms with Crippen molar-refractivity contribution in [1.82, 2.24) is 0 Å². The van der Waals surface area contributed by atoms with Crippen molar-refractivity contribution < 1.29 is 33.8 Å². The van der Waals surface area contributed by atoms with Crippen molar-refractivity contribution >= 4 is 47.3 Å². The fourth-order valence-corrected chi connectivity index (χ4v) is 4.55. The van der Waals surface area contributed by atoms with Crippen LogP contribution in [0.1, 0.15) is 73.3 Å². The van der Waals surface area contributed by atoms with Gasteiger partial charge in [-0.1, -0.05) is 30.4 Å². The molecular formula is C37H36N2O7. The highest BCUT2D eigenvalue weighted by molar-refractivity contribution is 6.08. The molecule has 46 heavy (non-hydrogen) atoms. The number of carbonyl (C=O) groups excluding carboxylic acids is 3. The maximum Gasteiger partial charge on any atom is 0.339 e. The van der Waals surface area contributed by atoms with Crippen LogP contribution in [0.3, 0.4) is 0 Å². The molecule has 0 heterocycles. The van der Waals surface area contributed by atoms with Crippen LogP contribution < -0.4 is 14.5 Å². The van der Waals surface area contributed by atoms with Crippen molar-refractivity contribution in [3.8, 4) is 5.75 Å². The molecule has 0 saturated carbocycles. The topological polar surface area (TPSA) is 113 Å². The lowest BCUT2D eigenvalue weighted by Crippen LogP contribution is -2.27. The molecule has 0 radical (unpaired) electrons. The number of rotatable bonds is 9. The maximum absolute atomic E-state index is 13.2. The van der Waals surface area contributed by atoms with Crippen LogP contribution in [0.2, 0.25) is 0 Å². The van der Waals surface area contributed by atoms with E-state index in [4.69, 9.17) is 9.47 Å². The highest BCUT2D eigenvalue weighted by Gasteiger charge is 2.19. The number of ether oxygens (including phenoxy) is 2. The first kappa shape index (κ1) is 33.2. The number of methoxy groups -OCH3 is 1. The number of esters is 1. The average Bonchev–Trinajstić information content (AvgIpc) is 3.05. The van der Waals surface area contributed by atoms with Gasteiger partial charge in [-0.05, 0) is 105 Å². The van der Waals surface area contributed by atoms with E-state index in [0.29, 0.717) is 39.4 Å². The number of benzene rings is 4. The zero-order chi connectivity index (χ0) is 33.6. The molecule has 0 aliphatic carbocycles. The standard InChI is InChI=1S/C37H36N2O7/c1-37(2,3)46-32-22-11-25(23-31(32)35(42)43)8-7-24-9-18-29(19-10-24)38(4)34(41)27-16-20-30(21-17-27)39(5)33(40)26-12-14-28(15-13-26)36(44)45-6/h7-23H,1-6H3,(H,42,43)/b8-7+. The summed E-state index contributed by atoms with van der Waals surface area (Å²) in [7, 11) is 4.62. The number of aromatic carboxylic acids is 1. The van der Waals surface area contributed by atoms with Crippen LogP contribution in [-0.2, 0) is 4.74 Å². The Morgan fingerprint density at radius 2 is 1.09 bits per heavy atom. The van der Waals surface area contributed by atoms with Crippen molar-refractivity contribution in [2.45, 2.75) is 26.4 Å². The average molecular weight is 621 g/mol. The van der Waals surface area contributed by atoms with E-state index in [0.717, 1.165) is 5.56 Å². The monoisotopic (exact) mass is 620 g/mol. The normalized spacial score (nSPS) is 11.2. The van der Waals surface area contributed by atoms with Gasteiger partial charge in [0.05, 0.1) is 12.7 Å². The number of anilines is 2. The summed E-state index contributed by atoms with van der Waals surface area (Å²) >= 11 is 0. The number of nitrogens with zero attached hydrogens (tertiary/aromatic N) is 2. The summed E-state index contributed by atoms with van der Waals surface area (Å²) < 4.78 is 10.5. The van der Waals surface area contributed by atoms with E-state index in [2.05, 4.69) is 0 Å². The quantitative estimate of drug-likeness (QED) is 0.157. The largest absolute Gasteiger partial charge is 0.487 e. The van der Waals surface area contributed by atoms with Crippen LogP contribution in [0.15, 0.2) is 91.0 Å². The molecule has 0 aliphatic rings. The molecule has 0 aromatic heterocycles. The van der Waals surface area contributed by atoms with E-state index in [1.165, 1.54) is 29.0 Å². The lowest BCUT2D eigenvalue weighted by molar-refractivity contribution is 0.0599. The van der Waals surface area contributed by atoms with Gasteiger partial charge in [0.15, 0.2) is 0 Å². The Morgan fingerprint density at radius 3 is 1.57 bits per heavy atom. The second-order valence-electron chi connectivity index (χ2n) is 11.5. The minimum Gasteiger partial charge on any atom is -0.487 e. The Bertz CT molecular complexity index is 1770. The van der Waals surface area contributed by atoms with Gasteiger partial charge < -0.3 is 24.4 Å². The molecule has 4 aromatic carbocycles. The summed E-state index contributed by atoms with van der Waals surface area (Å²) in [5, 5.41) is 9.65. The number of amides is 2. The Morgan fingerprint density at radius 1 is 0.652 bits per heavy atom. The van der Waals surface area contributed by atoms with E-state index < -0.39 is 17.5 Å². The minimum atomic E-state index is -1.06. The van der Waals surface area contributed by atoms with Gasteiger partial charge >= 0.3 is 11.9 Å². The molecule has 236 valence electrons. The molecule has 0 fully saturated rings. The SMILES string of the molecule is COC(=O)c1ccc(C(=O)N(C)c2ccc(C(=O)N(C)c3ccc(/C=C/c4ccc(OC(C)(C)C)c(C(=O)O)c4)cc3)cc2)cc1. The number of hydrogen-bond donors (Lipinski definition) is 1. The van der Waals surface area contributed by atoms with E-state index in [1.807, 2.05) is 57.2 Å². The lowest BCUT2D eigenvalue weighted by atomic mass is 10.1. The third-order valence-corrected chi connectivity index (χ3v) is 7.06. The second kappa shape index (κ2) is 13.9. The predicted octanol–water partition coefficient (Wildman–Crippen LogP) is 7.07. The van der Waals surface area contributed by atoms with Crippen LogP contribution in [0, 0.1) is 0 Å². The van der Waals surface area contributed by atoms with Crippen LogP contribution in [0.25, 0.3) is 12.2 Å². The van der Waals surface area contributed by atoms with Gasteiger partial charge in [-0.3, -0.25) is 9.59 Å². The summed E-state index contributed by atoms with van der Waals surface area (Å²) in [5.74, 6) is -1.72. The van der Waals surface area contributed by atoms with E-state index in [-0.39, 0.29) is 17.4 Å². The van der Waals surface area contributed by atoms with Crippen molar-refractivity contribution in [2.24, 2.45) is 0 Å². The van der Waals surface area contributed by atoms with Crippen molar-refractivity contribution in [2.75, 3.05) is 31.0 Å². The predicted molar refractivity (Wildman–Crippen MR) is 179 cm³/mol. The first-order valence-corrected chi connectivity index (χ1v) is 14.5. The van der Waals surface area contributed by atoms with Crippen LogP contribution in [0.5, 0.6) is 5.75 Å². The van der Waals surface area contributed by atoms with E-state index >= 15 is 0 Å². The molecule has 0 atom stereocenters. The molecular weight excluding hydrogens is 584 g/mol.